The normalized spacial score (nSPS) is 22.1. The van der Waals surface area contributed by atoms with Crippen molar-refractivity contribution in [2.45, 2.75) is 25.5 Å². The second kappa shape index (κ2) is 7.67. The van der Waals surface area contributed by atoms with E-state index in [0.29, 0.717) is 26.2 Å². The van der Waals surface area contributed by atoms with Crippen LogP contribution in [-0.2, 0) is 26.6 Å². The Bertz CT molecular complexity index is 696. The Morgan fingerprint density at radius 2 is 1.88 bits per heavy atom. The highest BCUT2D eigenvalue weighted by molar-refractivity contribution is 7.81. The molecule has 3 rings (SSSR count). The molecular formula is C16H21FN2O5S. The summed E-state index contributed by atoms with van der Waals surface area (Å²) < 4.78 is 43.0. The van der Waals surface area contributed by atoms with E-state index in [-0.39, 0.29) is 17.8 Å². The van der Waals surface area contributed by atoms with Crippen LogP contribution in [0.25, 0.3) is 0 Å². The van der Waals surface area contributed by atoms with Gasteiger partial charge in [-0.05, 0) is 30.5 Å². The van der Waals surface area contributed by atoms with Crippen LogP contribution in [0.5, 0.6) is 5.75 Å². The van der Waals surface area contributed by atoms with E-state index in [9.17, 15) is 17.1 Å². The van der Waals surface area contributed by atoms with Crippen molar-refractivity contribution in [3.8, 4) is 5.75 Å². The highest BCUT2D eigenvalue weighted by atomic mass is 32.3. The van der Waals surface area contributed by atoms with E-state index in [0.717, 1.165) is 31.5 Å². The number of amides is 1. The number of ether oxygens (including phenoxy) is 1. The predicted molar refractivity (Wildman–Crippen MR) is 87.9 cm³/mol. The molecule has 25 heavy (non-hydrogen) atoms. The van der Waals surface area contributed by atoms with E-state index in [2.05, 4.69) is 9.08 Å². The molecule has 1 aromatic carbocycles. The fourth-order valence-corrected chi connectivity index (χ4v) is 3.47. The smallest absolute Gasteiger partial charge is 0.368 e. The van der Waals surface area contributed by atoms with Crippen molar-refractivity contribution in [3.63, 3.8) is 0 Å². The Morgan fingerprint density at radius 1 is 1.20 bits per heavy atom. The molecule has 2 aliphatic heterocycles. The van der Waals surface area contributed by atoms with Gasteiger partial charge in [0.25, 0.3) is 5.91 Å². The molecular weight excluding hydrogens is 351 g/mol. The number of carbonyl (C=O) groups excluding carboxylic acids is 1. The highest BCUT2D eigenvalue weighted by Gasteiger charge is 2.30. The monoisotopic (exact) mass is 372 g/mol. The molecule has 9 heteroatoms. The van der Waals surface area contributed by atoms with Crippen molar-refractivity contribution >= 4 is 16.4 Å². The van der Waals surface area contributed by atoms with Gasteiger partial charge < -0.3 is 13.8 Å². The zero-order chi connectivity index (χ0) is 17.9. The summed E-state index contributed by atoms with van der Waals surface area (Å²) in [6, 6.07) is 6.24. The molecule has 1 amide bonds. The van der Waals surface area contributed by atoms with Crippen LogP contribution < -0.4 is 4.18 Å². The molecule has 2 heterocycles. The average molecular weight is 372 g/mol. The van der Waals surface area contributed by atoms with Crippen LogP contribution in [0.15, 0.2) is 24.3 Å². The number of carbonyl (C=O) groups is 1. The Morgan fingerprint density at radius 3 is 2.44 bits per heavy atom. The zero-order valence-corrected chi connectivity index (χ0v) is 14.6. The number of nitrogens with zero attached hydrogens (tertiary/aromatic N) is 2. The second-order valence-corrected chi connectivity index (χ2v) is 7.18. The molecule has 2 aliphatic rings. The molecule has 0 bridgehead atoms. The van der Waals surface area contributed by atoms with Crippen LogP contribution in [0.3, 0.4) is 0 Å². The third-order valence-electron chi connectivity index (χ3n) is 4.41. The molecule has 1 unspecified atom stereocenters. The van der Waals surface area contributed by atoms with E-state index in [1.54, 1.807) is 12.1 Å². The SMILES string of the molecule is O=C(C1CCCO1)N1CCN(Cc2ccc(OS(=O)(=O)F)cc2)CC1. The maximum atomic E-state index is 12.5. The third-order valence-corrected chi connectivity index (χ3v) is 4.81. The Balaban J connectivity index is 1.48. The summed E-state index contributed by atoms with van der Waals surface area (Å²) in [6.45, 7) is 4.19. The van der Waals surface area contributed by atoms with E-state index >= 15 is 0 Å². The number of rotatable bonds is 5. The van der Waals surface area contributed by atoms with E-state index in [1.165, 1.54) is 12.1 Å². The summed E-state index contributed by atoms with van der Waals surface area (Å²) in [5, 5.41) is 0. The summed E-state index contributed by atoms with van der Waals surface area (Å²) in [6.07, 6.45) is 1.48. The maximum Gasteiger partial charge on any atom is 0.488 e. The molecule has 0 aliphatic carbocycles. The van der Waals surface area contributed by atoms with Gasteiger partial charge in [-0.2, -0.15) is 8.42 Å². The van der Waals surface area contributed by atoms with Gasteiger partial charge in [0.05, 0.1) is 0 Å². The third kappa shape index (κ3) is 5.13. The number of hydrogen-bond donors (Lipinski definition) is 0. The molecule has 7 nitrogen and oxygen atoms in total. The van der Waals surface area contributed by atoms with Crippen molar-refractivity contribution in [2.75, 3.05) is 32.8 Å². The Hall–Kier alpha value is -1.71. The first-order valence-electron chi connectivity index (χ1n) is 8.26. The molecule has 1 aromatic rings. The minimum absolute atomic E-state index is 0.0572. The Labute approximate surface area is 146 Å². The molecule has 2 fully saturated rings. The van der Waals surface area contributed by atoms with Crippen LogP contribution in [0, 0.1) is 0 Å². The van der Waals surface area contributed by atoms with Crippen LogP contribution >= 0.6 is 0 Å². The average Bonchev–Trinajstić information content (AvgIpc) is 3.10. The molecule has 138 valence electrons. The standard InChI is InChI=1S/C16H21FN2O5S/c17-25(21,22)24-14-5-3-13(4-6-14)12-18-7-9-19(10-8-18)16(20)15-2-1-11-23-15/h3-6,15H,1-2,7-12H2. The molecule has 0 radical (unpaired) electrons. The second-order valence-electron chi connectivity index (χ2n) is 6.22. The fourth-order valence-electron chi connectivity index (χ4n) is 3.13. The number of piperazine rings is 1. The number of halogens is 1. The van der Waals surface area contributed by atoms with Gasteiger partial charge >= 0.3 is 10.5 Å². The lowest BCUT2D eigenvalue weighted by molar-refractivity contribution is -0.142. The van der Waals surface area contributed by atoms with Crippen molar-refractivity contribution < 1.29 is 26.0 Å². The quantitative estimate of drug-likeness (QED) is 0.721. The molecule has 1 atom stereocenters. The summed E-state index contributed by atoms with van der Waals surface area (Å²) in [5.74, 6) is 0.0318. The lowest BCUT2D eigenvalue weighted by atomic mass is 10.1. The molecule has 0 N–H and O–H groups in total. The van der Waals surface area contributed by atoms with Gasteiger partial charge in [0.15, 0.2) is 0 Å². The van der Waals surface area contributed by atoms with Gasteiger partial charge in [-0.15, -0.1) is 0 Å². The van der Waals surface area contributed by atoms with E-state index in [4.69, 9.17) is 4.74 Å². The lowest BCUT2D eigenvalue weighted by Gasteiger charge is -2.35. The first-order valence-corrected chi connectivity index (χ1v) is 9.57. The Kier molecular flexibility index (Phi) is 5.55. The van der Waals surface area contributed by atoms with E-state index in [1.807, 2.05) is 4.90 Å². The number of benzene rings is 1. The van der Waals surface area contributed by atoms with Crippen LogP contribution in [0.2, 0.25) is 0 Å². The topological polar surface area (TPSA) is 76.2 Å². The summed E-state index contributed by atoms with van der Waals surface area (Å²) >= 11 is 0. The molecule has 0 aromatic heterocycles. The summed E-state index contributed by atoms with van der Waals surface area (Å²) in [7, 11) is -5.00. The molecule has 2 saturated heterocycles. The van der Waals surface area contributed by atoms with Crippen LogP contribution in [-0.4, -0.2) is 63.0 Å². The largest absolute Gasteiger partial charge is 0.488 e. The fraction of sp³-hybridized carbons (Fsp3) is 0.562. The maximum absolute atomic E-state index is 12.5. The minimum Gasteiger partial charge on any atom is -0.368 e. The van der Waals surface area contributed by atoms with Gasteiger partial charge in [-0.3, -0.25) is 9.69 Å². The zero-order valence-electron chi connectivity index (χ0n) is 13.8. The van der Waals surface area contributed by atoms with Gasteiger partial charge in [0.2, 0.25) is 0 Å². The van der Waals surface area contributed by atoms with E-state index < -0.39 is 10.5 Å². The van der Waals surface area contributed by atoms with Gasteiger partial charge in [0, 0.05) is 39.3 Å². The van der Waals surface area contributed by atoms with Crippen LogP contribution in [0.4, 0.5) is 3.89 Å². The number of hydrogen-bond acceptors (Lipinski definition) is 6. The lowest BCUT2D eigenvalue weighted by Crippen LogP contribution is -2.51. The predicted octanol–water partition coefficient (Wildman–Crippen LogP) is 1.10. The van der Waals surface area contributed by atoms with Crippen molar-refractivity contribution in [1.82, 2.24) is 9.80 Å². The van der Waals surface area contributed by atoms with Crippen molar-refractivity contribution in [3.05, 3.63) is 29.8 Å². The first-order chi connectivity index (χ1) is 11.9. The molecule has 0 spiro atoms. The van der Waals surface area contributed by atoms with Gasteiger partial charge in [0.1, 0.15) is 11.9 Å². The van der Waals surface area contributed by atoms with Gasteiger partial charge in [-0.25, -0.2) is 0 Å². The van der Waals surface area contributed by atoms with Gasteiger partial charge in [-0.1, -0.05) is 16.0 Å². The molecule has 0 saturated carbocycles. The van der Waals surface area contributed by atoms with Crippen molar-refractivity contribution in [1.29, 1.82) is 0 Å². The van der Waals surface area contributed by atoms with Crippen LogP contribution in [0.1, 0.15) is 18.4 Å². The minimum atomic E-state index is -5.00. The highest BCUT2D eigenvalue weighted by Crippen LogP contribution is 2.18. The first kappa shape index (κ1) is 18.1. The summed E-state index contributed by atoms with van der Waals surface area (Å²) in [5.41, 5.74) is 0.961. The van der Waals surface area contributed by atoms with Crippen molar-refractivity contribution in [2.24, 2.45) is 0 Å². The summed E-state index contributed by atoms with van der Waals surface area (Å²) in [4.78, 5) is 16.4.